The van der Waals surface area contributed by atoms with E-state index in [0.29, 0.717) is 37.0 Å². The van der Waals surface area contributed by atoms with Crippen LogP contribution in [-0.4, -0.2) is 34.8 Å². The number of thiophene rings is 1. The van der Waals surface area contributed by atoms with Crippen LogP contribution < -0.4 is 5.32 Å². The van der Waals surface area contributed by atoms with E-state index in [1.807, 2.05) is 27.8 Å². The van der Waals surface area contributed by atoms with E-state index in [4.69, 9.17) is 0 Å². The first-order chi connectivity index (χ1) is 14.5. The van der Waals surface area contributed by atoms with Gasteiger partial charge in [0.1, 0.15) is 0 Å². The van der Waals surface area contributed by atoms with E-state index < -0.39 is 0 Å². The topological polar surface area (TPSA) is 62.3 Å². The summed E-state index contributed by atoms with van der Waals surface area (Å²) in [6, 6.07) is 12.2. The number of hydrogen-bond donors (Lipinski definition) is 1. The van der Waals surface area contributed by atoms with Gasteiger partial charge in [-0.3, -0.25) is 9.59 Å². The van der Waals surface area contributed by atoms with Crippen molar-refractivity contribution in [3.63, 3.8) is 0 Å². The third-order valence-corrected chi connectivity index (χ3v) is 7.11. The van der Waals surface area contributed by atoms with Gasteiger partial charge in [0.15, 0.2) is 5.13 Å². The predicted molar refractivity (Wildman–Crippen MR) is 123 cm³/mol. The molecule has 0 bridgehead atoms. The Labute approximate surface area is 184 Å². The number of anilines is 1. The summed E-state index contributed by atoms with van der Waals surface area (Å²) in [5, 5.41) is 7.48. The van der Waals surface area contributed by atoms with Gasteiger partial charge in [0.2, 0.25) is 5.91 Å². The Morgan fingerprint density at radius 3 is 2.47 bits per heavy atom. The maximum Gasteiger partial charge on any atom is 0.263 e. The lowest BCUT2D eigenvalue weighted by Crippen LogP contribution is -2.41. The zero-order valence-corrected chi connectivity index (χ0v) is 18.8. The molecule has 3 heterocycles. The van der Waals surface area contributed by atoms with E-state index in [1.54, 1.807) is 0 Å². The number of piperidine rings is 1. The van der Waals surface area contributed by atoms with Crippen LogP contribution in [0.4, 0.5) is 5.13 Å². The Morgan fingerprint density at radius 1 is 1.10 bits per heavy atom. The van der Waals surface area contributed by atoms with E-state index in [0.717, 1.165) is 16.1 Å². The summed E-state index contributed by atoms with van der Waals surface area (Å²) < 4.78 is 0. The maximum absolute atomic E-state index is 12.7. The molecule has 5 nitrogen and oxygen atoms in total. The fourth-order valence-corrected chi connectivity index (χ4v) is 5.02. The molecular weight excluding hydrogens is 414 g/mol. The zero-order chi connectivity index (χ0) is 21.1. The summed E-state index contributed by atoms with van der Waals surface area (Å²) >= 11 is 2.90. The number of carbonyl (C=O) groups excluding carboxylic acids is 2. The van der Waals surface area contributed by atoms with Gasteiger partial charge in [-0.1, -0.05) is 44.2 Å². The summed E-state index contributed by atoms with van der Waals surface area (Å²) in [7, 11) is 0. The Balaban J connectivity index is 1.32. The van der Waals surface area contributed by atoms with Gasteiger partial charge < -0.3 is 10.2 Å². The first kappa shape index (κ1) is 20.8. The summed E-state index contributed by atoms with van der Waals surface area (Å²) in [5.74, 6) is 0.470. The molecule has 0 radical (unpaired) electrons. The minimum Gasteiger partial charge on any atom is -0.338 e. The van der Waals surface area contributed by atoms with Crippen molar-refractivity contribution in [1.82, 2.24) is 9.88 Å². The largest absolute Gasteiger partial charge is 0.338 e. The quantitative estimate of drug-likeness (QED) is 0.572. The van der Waals surface area contributed by atoms with Gasteiger partial charge in [-0.15, -0.1) is 22.7 Å². The number of nitrogens with one attached hydrogen (secondary N) is 1. The van der Waals surface area contributed by atoms with Crippen molar-refractivity contribution >= 4 is 39.6 Å². The van der Waals surface area contributed by atoms with E-state index in [1.165, 1.54) is 28.2 Å². The van der Waals surface area contributed by atoms with Gasteiger partial charge in [-0.25, -0.2) is 4.98 Å². The molecule has 1 aliphatic heterocycles. The fourth-order valence-electron chi connectivity index (χ4n) is 3.61. The highest BCUT2D eigenvalue weighted by Crippen LogP contribution is 2.28. The number of aromatic nitrogens is 1. The van der Waals surface area contributed by atoms with Gasteiger partial charge in [0.05, 0.1) is 10.6 Å². The number of rotatable bonds is 5. The third-order valence-electron chi connectivity index (χ3n) is 5.49. The second kappa shape index (κ2) is 9.10. The lowest BCUT2D eigenvalue weighted by molar-refractivity contribution is -0.121. The minimum absolute atomic E-state index is 0.00530. The van der Waals surface area contributed by atoms with Crippen molar-refractivity contribution in [2.75, 3.05) is 18.4 Å². The molecule has 1 saturated heterocycles. The van der Waals surface area contributed by atoms with Crippen molar-refractivity contribution in [3.8, 4) is 11.3 Å². The molecule has 1 aliphatic rings. The molecule has 3 aromatic rings. The number of thiazole rings is 1. The van der Waals surface area contributed by atoms with Gasteiger partial charge in [-0.05, 0) is 35.8 Å². The summed E-state index contributed by atoms with van der Waals surface area (Å²) in [5.41, 5.74) is 3.23. The highest BCUT2D eigenvalue weighted by Gasteiger charge is 2.28. The van der Waals surface area contributed by atoms with Crippen molar-refractivity contribution in [1.29, 1.82) is 0 Å². The second-order valence-corrected chi connectivity index (χ2v) is 9.65. The molecule has 1 aromatic carbocycles. The van der Waals surface area contributed by atoms with Crippen LogP contribution in [0.25, 0.3) is 11.3 Å². The van der Waals surface area contributed by atoms with Crippen molar-refractivity contribution < 1.29 is 9.59 Å². The number of hydrogen-bond acceptors (Lipinski definition) is 5. The van der Waals surface area contributed by atoms with Gasteiger partial charge in [-0.2, -0.15) is 0 Å². The molecule has 0 unspecified atom stereocenters. The predicted octanol–water partition coefficient (Wildman–Crippen LogP) is 5.49. The monoisotopic (exact) mass is 439 g/mol. The molecule has 7 heteroatoms. The zero-order valence-electron chi connectivity index (χ0n) is 17.1. The lowest BCUT2D eigenvalue weighted by Gasteiger charge is -2.30. The average molecular weight is 440 g/mol. The Bertz CT molecular complexity index is 1000. The van der Waals surface area contributed by atoms with Crippen molar-refractivity contribution in [3.05, 3.63) is 57.6 Å². The molecule has 2 amide bonds. The average Bonchev–Trinajstić information content (AvgIpc) is 3.46. The number of amides is 2. The minimum atomic E-state index is -0.0879. The Hall–Kier alpha value is -2.51. The highest BCUT2D eigenvalue weighted by atomic mass is 32.1. The van der Waals surface area contributed by atoms with E-state index in [2.05, 4.69) is 48.4 Å². The molecule has 0 saturated carbocycles. The molecular formula is C23H25N3O2S2. The Morgan fingerprint density at radius 2 is 1.83 bits per heavy atom. The summed E-state index contributed by atoms with van der Waals surface area (Å²) in [4.78, 5) is 32.3. The van der Waals surface area contributed by atoms with Crippen LogP contribution in [-0.2, 0) is 4.79 Å². The molecule has 1 N–H and O–H groups in total. The number of carbonyl (C=O) groups is 2. The molecule has 156 valence electrons. The summed E-state index contributed by atoms with van der Waals surface area (Å²) in [6.07, 6.45) is 1.36. The van der Waals surface area contributed by atoms with Gasteiger partial charge >= 0.3 is 0 Å². The standard InChI is InChI=1S/C23H25N3O2S2/c1-15(2)16-5-7-17(8-6-16)19-14-30-23(24-19)25-21(27)18-9-11-26(12-10-18)22(28)20-4-3-13-29-20/h3-8,13-15,18H,9-12H2,1-2H3,(H,24,25,27). The second-order valence-electron chi connectivity index (χ2n) is 7.85. The molecule has 0 atom stereocenters. The van der Waals surface area contributed by atoms with Crippen molar-refractivity contribution in [2.45, 2.75) is 32.6 Å². The molecule has 2 aromatic heterocycles. The fraction of sp³-hybridized carbons (Fsp3) is 0.348. The first-order valence-corrected chi connectivity index (χ1v) is 12.0. The normalized spacial score (nSPS) is 14.8. The number of nitrogens with zero attached hydrogens (tertiary/aromatic N) is 2. The molecule has 1 fully saturated rings. The number of likely N-dealkylation sites (tertiary alicyclic amines) is 1. The lowest BCUT2D eigenvalue weighted by atomic mass is 9.96. The van der Waals surface area contributed by atoms with Crippen molar-refractivity contribution in [2.24, 2.45) is 5.92 Å². The SMILES string of the molecule is CC(C)c1ccc(-c2csc(NC(=O)C3CCN(C(=O)c4cccs4)CC3)n2)cc1. The van der Waals surface area contributed by atoms with Crippen LogP contribution in [0.2, 0.25) is 0 Å². The molecule has 0 aliphatic carbocycles. The smallest absolute Gasteiger partial charge is 0.263 e. The van der Waals surface area contributed by atoms with E-state index >= 15 is 0 Å². The van der Waals surface area contributed by atoms with Gasteiger partial charge in [0, 0.05) is 30.0 Å². The Kier molecular flexibility index (Phi) is 6.29. The van der Waals surface area contributed by atoms with Crippen LogP contribution >= 0.6 is 22.7 Å². The molecule has 0 spiro atoms. The van der Waals surface area contributed by atoms with Crippen LogP contribution in [0.5, 0.6) is 0 Å². The maximum atomic E-state index is 12.7. The van der Waals surface area contributed by atoms with Crippen LogP contribution in [0.1, 0.15) is 47.8 Å². The first-order valence-electron chi connectivity index (χ1n) is 10.2. The van der Waals surface area contributed by atoms with Crippen LogP contribution in [0.3, 0.4) is 0 Å². The van der Waals surface area contributed by atoms with Gasteiger partial charge in [0.25, 0.3) is 5.91 Å². The van der Waals surface area contributed by atoms with E-state index in [9.17, 15) is 9.59 Å². The third kappa shape index (κ3) is 4.63. The van der Waals surface area contributed by atoms with Crippen LogP contribution in [0, 0.1) is 5.92 Å². The van der Waals surface area contributed by atoms with E-state index in [-0.39, 0.29) is 17.7 Å². The molecule has 30 heavy (non-hydrogen) atoms. The molecule has 4 rings (SSSR count). The summed E-state index contributed by atoms with van der Waals surface area (Å²) in [6.45, 7) is 5.57. The van der Waals surface area contributed by atoms with Crippen LogP contribution in [0.15, 0.2) is 47.2 Å². The highest BCUT2D eigenvalue weighted by molar-refractivity contribution is 7.14. The number of benzene rings is 1.